The van der Waals surface area contributed by atoms with Gasteiger partial charge in [0.05, 0.1) is 11.4 Å². The van der Waals surface area contributed by atoms with Gasteiger partial charge in [0, 0.05) is 18.3 Å². The summed E-state index contributed by atoms with van der Waals surface area (Å²) in [5, 5.41) is 3.96. The van der Waals surface area contributed by atoms with E-state index in [0.717, 1.165) is 10.6 Å². The molecular weight excluding hydrogens is 344 g/mol. The summed E-state index contributed by atoms with van der Waals surface area (Å²) in [5.74, 6) is 0.00489. The molecule has 130 valence electrons. The summed E-state index contributed by atoms with van der Waals surface area (Å²) in [4.78, 5) is 36.3. The zero-order chi connectivity index (χ0) is 18.0. The van der Waals surface area contributed by atoms with E-state index in [4.69, 9.17) is 0 Å². The van der Waals surface area contributed by atoms with Crippen LogP contribution in [0, 0.1) is 26.7 Å². The highest BCUT2D eigenvalue weighted by atomic mass is 32.1. The van der Waals surface area contributed by atoms with Crippen LogP contribution in [0.25, 0.3) is 0 Å². The average molecular weight is 367 g/mol. The van der Waals surface area contributed by atoms with Crippen LogP contribution in [-0.4, -0.2) is 28.3 Å². The summed E-state index contributed by atoms with van der Waals surface area (Å²) in [6.45, 7) is 11.8. The van der Waals surface area contributed by atoms with Crippen molar-refractivity contribution < 1.29 is 9.59 Å². The van der Waals surface area contributed by atoms with E-state index in [1.54, 1.807) is 11.8 Å². The first-order valence-corrected chi connectivity index (χ1v) is 9.33. The molecule has 2 aromatic rings. The molecule has 0 unspecified atom stereocenters. The predicted molar refractivity (Wildman–Crippen MR) is 99.3 cm³/mol. The fourth-order valence-electron chi connectivity index (χ4n) is 2.09. The highest BCUT2D eigenvalue weighted by Crippen LogP contribution is 2.29. The summed E-state index contributed by atoms with van der Waals surface area (Å²) in [5.41, 5.74) is 1.53. The molecule has 2 amide bonds. The lowest BCUT2D eigenvalue weighted by atomic mass is 10.2. The number of rotatable bonds is 5. The Balaban J connectivity index is 2.23. The maximum absolute atomic E-state index is 12.5. The number of hydrogen-bond acceptors (Lipinski definition) is 6. The molecular formula is C16H22N4O2S2. The van der Waals surface area contributed by atoms with Crippen LogP contribution in [0.2, 0.25) is 0 Å². The third-order valence-electron chi connectivity index (χ3n) is 3.40. The lowest BCUT2D eigenvalue weighted by Gasteiger charge is -2.19. The summed E-state index contributed by atoms with van der Waals surface area (Å²) >= 11 is 2.68. The van der Waals surface area contributed by atoms with Crippen LogP contribution in [0.4, 0.5) is 10.3 Å². The second-order valence-electron chi connectivity index (χ2n) is 6.05. The van der Waals surface area contributed by atoms with E-state index < -0.39 is 0 Å². The molecule has 1 N–H and O–H groups in total. The number of nitrogens with one attached hydrogen (secondary N) is 1. The topological polar surface area (TPSA) is 75.2 Å². The van der Waals surface area contributed by atoms with Crippen molar-refractivity contribution in [1.82, 2.24) is 9.97 Å². The molecule has 0 aliphatic heterocycles. The van der Waals surface area contributed by atoms with Crippen molar-refractivity contribution in [2.45, 2.75) is 41.5 Å². The van der Waals surface area contributed by atoms with Crippen LogP contribution in [0.1, 0.15) is 46.7 Å². The summed E-state index contributed by atoms with van der Waals surface area (Å²) in [6, 6.07) is 0. The smallest absolute Gasteiger partial charge is 0.269 e. The number of aromatic nitrogens is 2. The van der Waals surface area contributed by atoms with Crippen LogP contribution in [0.5, 0.6) is 0 Å². The fourth-order valence-corrected chi connectivity index (χ4v) is 3.92. The van der Waals surface area contributed by atoms with Crippen molar-refractivity contribution in [2.75, 3.05) is 16.8 Å². The van der Waals surface area contributed by atoms with Gasteiger partial charge in [-0.2, -0.15) is 0 Å². The number of thiazole rings is 2. The third kappa shape index (κ3) is 4.18. The number of carbonyl (C=O) groups excluding carboxylic acids is 2. The highest BCUT2D eigenvalue weighted by molar-refractivity contribution is 7.18. The monoisotopic (exact) mass is 366 g/mol. The molecule has 2 heterocycles. The molecule has 0 aliphatic rings. The maximum Gasteiger partial charge on any atom is 0.269 e. The van der Waals surface area contributed by atoms with Crippen LogP contribution in [0.15, 0.2) is 0 Å². The van der Waals surface area contributed by atoms with Gasteiger partial charge in [-0.25, -0.2) is 9.97 Å². The van der Waals surface area contributed by atoms with E-state index in [-0.39, 0.29) is 11.8 Å². The molecule has 0 fully saturated rings. The van der Waals surface area contributed by atoms with Gasteiger partial charge >= 0.3 is 0 Å². The van der Waals surface area contributed by atoms with Gasteiger partial charge in [-0.05, 0) is 26.7 Å². The number of hydrogen-bond donors (Lipinski definition) is 1. The Bertz CT molecular complexity index is 745. The molecule has 0 saturated heterocycles. The molecule has 6 nitrogen and oxygen atoms in total. The van der Waals surface area contributed by atoms with E-state index in [9.17, 15) is 9.59 Å². The van der Waals surface area contributed by atoms with Crippen LogP contribution < -0.4 is 10.2 Å². The SMILES string of the molecule is CC(=O)N(CC(C)C)c1nc(C)c(C(=O)Nc2nc(C)c(C)s2)s1. The predicted octanol–water partition coefficient (Wildman–Crippen LogP) is 3.79. The zero-order valence-electron chi connectivity index (χ0n) is 14.8. The van der Waals surface area contributed by atoms with Crippen LogP contribution in [0.3, 0.4) is 0 Å². The summed E-state index contributed by atoms with van der Waals surface area (Å²) in [7, 11) is 0. The molecule has 0 aliphatic carbocycles. The molecule has 0 bridgehead atoms. The maximum atomic E-state index is 12.5. The number of nitrogens with zero attached hydrogens (tertiary/aromatic N) is 3. The van der Waals surface area contributed by atoms with Crippen molar-refractivity contribution in [3.05, 3.63) is 21.1 Å². The molecule has 0 radical (unpaired) electrons. The fraction of sp³-hybridized carbons (Fsp3) is 0.500. The molecule has 8 heteroatoms. The van der Waals surface area contributed by atoms with Crippen LogP contribution >= 0.6 is 22.7 Å². The molecule has 0 atom stereocenters. The Morgan fingerprint density at radius 1 is 1.12 bits per heavy atom. The Labute approximate surface area is 149 Å². The van der Waals surface area contributed by atoms with E-state index in [1.807, 2.05) is 27.7 Å². The lowest BCUT2D eigenvalue weighted by Crippen LogP contribution is -2.32. The van der Waals surface area contributed by atoms with E-state index in [1.165, 1.54) is 29.6 Å². The third-order valence-corrected chi connectivity index (χ3v) is 5.57. The van der Waals surface area contributed by atoms with Crippen molar-refractivity contribution in [2.24, 2.45) is 5.92 Å². The van der Waals surface area contributed by atoms with Crippen molar-refractivity contribution >= 4 is 44.8 Å². The summed E-state index contributed by atoms with van der Waals surface area (Å²) < 4.78 is 0. The van der Waals surface area contributed by atoms with Gasteiger partial charge < -0.3 is 0 Å². The second kappa shape index (κ2) is 7.40. The zero-order valence-corrected chi connectivity index (χ0v) is 16.4. The number of carbonyl (C=O) groups is 2. The van der Waals surface area contributed by atoms with Gasteiger partial charge in [-0.3, -0.25) is 19.8 Å². The first-order chi connectivity index (χ1) is 11.2. The van der Waals surface area contributed by atoms with Gasteiger partial charge in [-0.15, -0.1) is 11.3 Å². The Hall–Kier alpha value is -1.80. The van der Waals surface area contributed by atoms with Crippen LogP contribution in [-0.2, 0) is 4.79 Å². The minimum absolute atomic E-state index is 0.0735. The Morgan fingerprint density at radius 2 is 1.79 bits per heavy atom. The highest BCUT2D eigenvalue weighted by Gasteiger charge is 2.22. The van der Waals surface area contributed by atoms with Crippen molar-refractivity contribution in [1.29, 1.82) is 0 Å². The quantitative estimate of drug-likeness (QED) is 0.873. The molecule has 0 aromatic carbocycles. The number of anilines is 2. The Kier molecular flexibility index (Phi) is 5.71. The normalized spacial score (nSPS) is 11.0. The molecule has 24 heavy (non-hydrogen) atoms. The molecule has 0 saturated carbocycles. The van der Waals surface area contributed by atoms with Crippen molar-refractivity contribution in [3.63, 3.8) is 0 Å². The minimum atomic E-state index is -0.238. The van der Waals surface area contributed by atoms with Gasteiger partial charge in [0.25, 0.3) is 5.91 Å². The van der Waals surface area contributed by atoms with Gasteiger partial charge in [0.15, 0.2) is 10.3 Å². The van der Waals surface area contributed by atoms with E-state index >= 15 is 0 Å². The molecule has 0 spiro atoms. The first kappa shape index (κ1) is 18.5. The number of amides is 2. The van der Waals surface area contributed by atoms with Gasteiger partial charge in [0.2, 0.25) is 5.91 Å². The Morgan fingerprint density at radius 3 is 2.29 bits per heavy atom. The first-order valence-electron chi connectivity index (χ1n) is 7.70. The molecule has 2 rings (SSSR count). The lowest BCUT2D eigenvalue weighted by molar-refractivity contribution is -0.116. The largest absolute Gasteiger partial charge is 0.297 e. The van der Waals surface area contributed by atoms with Gasteiger partial charge in [-0.1, -0.05) is 25.2 Å². The van der Waals surface area contributed by atoms with Crippen molar-refractivity contribution in [3.8, 4) is 0 Å². The van der Waals surface area contributed by atoms with E-state index in [2.05, 4.69) is 15.3 Å². The number of aryl methyl sites for hydroxylation is 3. The van der Waals surface area contributed by atoms with E-state index in [0.29, 0.717) is 33.3 Å². The second-order valence-corrected chi connectivity index (χ2v) is 8.23. The molecule has 2 aromatic heterocycles. The minimum Gasteiger partial charge on any atom is -0.297 e. The standard InChI is InChI=1S/C16H22N4O2S2/c1-8(2)7-20(12(6)21)16-18-10(4)13(24-16)14(22)19-15-17-9(3)11(5)23-15/h8H,7H2,1-6H3,(H,17,19,22). The summed E-state index contributed by atoms with van der Waals surface area (Å²) in [6.07, 6.45) is 0. The average Bonchev–Trinajstić information content (AvgIpc) is 2.99. The van der Waals surface area contributed by atoms with Gasteiger partial charge in [0.1, 0.15) is 4.88 Å².